The summed E-state index contributed by atoms with van der Waals surface area (Å²) in [5.74, 6) is 1.82. The summed E-state index contributed by atoms with van der Waals surface area (Å²) in [5, 5.41) is 0. The minimum atomic E-state index is -0.342. The largest absolute Gasteiger partial charge is 0.460 e. The lowest BCUT2D eigenvalue weighted by Crippen LogP contribution is -2.51. The molecule has 0 heterocycles. The molecule has 6 nitrogen and oxygen atoms in total. The molecule has 6 atom stereocenters. The Morgan fingerprint density at radius 1 is 1.21 bits per heavy atom. The predicted octanol–water partition coefficient (Wildman–Crippen LogP) is 2.70. The molecule has 0 spiro atoms. The molecule has 4 aliphatic carbocycles. The van der Waals surface area contributed by atoms with Crippen LogP contribution in [0.25, 0.3) is 0 Å². The monoisotopic (exact) mass is 387 g/mol. The van der Waals surface area contributed by atoms with Gasteiger partial charge in [0.25, 0.3) is 0 Å². The lowest BCUT2D eigenvalue weighted by atomic mass is 9.48. The molecule has 4 aliphatic rings. The molecule has 4 rings (SSSR count). The Bertz CT molecular complexity index is 741. The molecule has 0 aromatic heterocycles. The van der Waals surface area contributed by atoms with Crippen LogP contribution in [-0.2, 0) is 14.3 Å². The number of fused-ring (bicyclic) bond motifs is 5. The maximum Gasteiger partial charge on any atom is 0.328 e. The van der Waals surface area contributed by atoms with Gasteiger partial charge in [-0.3, -0.25) is 9.59 Å². The number of carbonyl (C=O) groups is 2. The van der Waals surface area contributed by atoms with Crippen LogP contribution in [0, 0.1) is 28.6 Å². The summed E-state index contributed by atoms with van der Waals surface area (Å²) in [4.78, 5) is 28.0. The van der Waals surface area contributed by atoms with E-state index in [1.165, 1.54) is 5.57 Å². The molecule has 0 amide bonds. The van der Waals surface area contributed by atoms with Gasteiger partial charge in [-0.05, 0) is 61.7 Å². The van der Waals surface area contributed by atoms with Crippen LogP contribution in [0.3, 0.4) is 0 Å². The number of nitrogens with two attached hydrogens (primary N) is 2. The predicted molar refractivity (Wildman–Crippen MR) is 107 cm³/mol. The summed E-state index contributed by atoms with van der Waals surface area (Å²) in [6, 6.07) is 0. The maximum atomic E-state index is 12.2. The van der Waals surface area contributed by atoms with E-state index in [0.717, 1.165) is 44.9 Å². The van der Waals surface area contributed by atoms with Gasteiger partial charge in [0, 0.05) is 18.3 Å². The number of carbonyl (C=O) groups excluding carboxylic acids is 2. The van der Waals surface area contributed by atoms with Crippen LogP contribution in [0.5, 0.6) is 0 Å². The molecule has 3 fully saturated rings. The summed E-state index contributed by atoms with van der Waals surface area (Å²) < 4.78 is 5.84. The fraction of sp³-hybridized carbons (Fsp3) is 0.773. The Hall–Kier alpha value is -1.85. The summed E-state index contributed by atoms with van der Waals surface area (Å²) in [6.07, 6.45) is 10.0. The number of ketones is 1. The Labute approximate surface area is 167 Å². The minimum Gasteiger partial charge on any atom is -0.460 e. The first kappa shape index (κ1) is 19.5. The average Bonchev–Trinajstić information content (AvgIpc) is 2.97. The Morgan fingerprint density at radius 3 is 2.75 bits per heavy atom. The van der Waals surface area contributed by atoms with Crippen LogP contribution in [0.2, 0.25) is 0 Å². The van der Waals surface area contributed by atoms with Crippen molar-refractivity contribution in [2.45, 2.75) is 71.3 Å². The standard InChI is InChI=1S/C22H33N3O3/c1-21-9-7-14(26)11-13(21)3-4-15-16-5-6-18(22(16,2)10-8-17(15)21)28-19(27)12-25-20(23)24/h3,15-18H,4-12H2,1-2H3,(H4,23,24,25). The smallest absolute Gasteiger partial charge is 0.328 e. The van der Waals surface area contributed by atoms with E-state index in [0.29, 0.717) is 30.0 Å². The zero-order valence-electron chi connectivity index (χ0n) is 17.1. The number of hydrogen-bond donors (Lipinski definition) is 2. The average molecular weight is 388 g/mol. The van der Waals surface area contributed by atoms with E-state index in [1.807, 2.05) is 0 Å². The highest BCUT2D eigenvalue weighted by Crippen LogP contribution is 2.65. The number of aliphatic imine (C=N–C) groups is 1. The Balaban J connectivity index is 1.51. The van der Waals surface area contributed by atoms with Gasteiger partial charge in [0.05, 0.1) is 0 Å². The molecule has 6 heteroatoms. The van der Waals surface area contributed by atoms with Crippen LogP contribution in [0.1, 0.15) is 65.2 Å². The van der Waals surface area contributed by atoms with Crippen molar-refractivity contribution in [2.75, 3.05) is 6.54 Å². The molecule has 0 bridgehead atoms. The molecule has 0 aliphatic heterocycles. The molecular weight excluding hydrogens is 354 g/mol. The lowest BCUT2D eigenvalue weighted by Gasteiger charge is -2.57. The fourth-order valence-corrected chi connectivity index (χ4v) is 6.97. The van der Waals surface area contributed by atoms with Gasteiger partial charge in [-0.2, -0.15) is 0 Å². The SMILES string of the molecule is CC12CCC(=O)CC1=CCC1C2CCC2(C)C(OC(=O)CN=C(N)N)CCC12. The third-order valence-corrected chi connectivity index (χ3v) is 8.51. The number of allylic oxidation sites excluding steroid dienone is 2. The number of ether oxygens (including phenoxy) is 1. The van der Waals surface area contributed by atoms with Gasteiger partial charge in [0.1, 0.15) is 18.4 Å². The zero-order valence-corrected chi connectivity index (χ0v) is 17.1. The van der Waals surface area contributed by atoms with E-state index in [-0.39, 0.29) is 35.4 Å². The van der Waals surface area contributed by atoms with Crippen LogP contribution in [0.4, 0.5) is 0 Å². The van der Waals surface area contributed by atoms with Crippen molar-refractivity contribution in [1.82, 2.24) is 0 Å². The highest BCUT2D eigenvalue weighted by atomic mass is 16.5. The van der Waals surface area contributed by atoms with Crippen LogP contribution < -0.4 is 11.5 Å². The van der Waals surface area contributed by atoms with Crippen molar-refractivity contribution < 1.29 is 14.3 Å². The first-order valence-electron chi connectivity index (χ1n) is 10.7. The quantitative estimate of drug-likeness (QED) is 0.335. The van der Waals surface area contributed by atoms with E-state index < -0.39 is 0 Å². The van der Waals surface area contributed by atoms with Crippen molar-refractivity contribution in [1.29, 1.82) is 0 Å². The zero-order chi connectivity index (χ0) is 20.1. The second kappa shape index (κ2) is 6.89. The summed E-state index contributed by atoms with van der Waals surface area (Å²) >= 11 is 0. The highest BCUT2D eigenvalue weighted by Gasteiger charge is 2.59. The normalized spacial score (nSPS) is 41.9. The number of Topliss-reactive ketones (excluding diaryl/α,β-unsaturated/α-hetero) is 1. The molecule has 0 saturated heterocycles. The minimum absolute atomic E-state index is 0.0288. The topological polar surface area (TPSA) is 108 Å². The first-order valence-corrected chi connectivity index (χ1v) is 10.7. The van der Waals surface area contributed by atoms with E-state index in [4.69, 9.17) is 16.2 Å². The van der Waals surface area contributed by atoms with Crippen molar-refractivity contribution in [2.24, 2.45) is 45.0 Å². The van der Waals surface area contributed by atoms with Gasteiger partial charge in [-0.25, -0.2) is 4.99 Å². The van der Waals surface area contributed by atoms with Gasteiger partial charge in [0.2, 0.25) is 0 Å². The van der Waals surface area contributed by atoms with E-state index >= 15 is 0 Å². The van der Waals surface area contributed by atoms with Crippen LogP contribution >= 0.6 is 0 Å². The molecule has 0 radical (unpaired) electrons. The van der Waals surface area contributed by atoms with Gasteiger partial charge in [0.15, 0.2) is 5.96 Å². The molecule has 154 valence electrons. The lowest BCUT2D eigenvalue weighted by molar-refractivity contribution is -0.157. The second-order valence-electron chi connectivity index (χ2n) is 9.82. The van der Waals surface area contributed by atoms with Gasteiger partial charge < -0.3 is 16.2 Å². The number of rotatable bonds is 3. The van der Waals surface area contributed by atoms with Crippen LogP contribution in [-0.4, -0.2) is 30.4 Å². The molecule has 3 saturated carbocycles. The van der Waals surface area contributed by atoms with Crippen molar-refractivity contribution >= 4 is 17.7 Å². The van der Waals surface area contributed by atoms with E-state index in [9.17, 15) is 9.59 Å². The van der Waals surface area contributed by atoms with Crippen molar-refractivity contribution in [3.63, 3.8) is 0 Å². The number of guanidine groups is 1. The third-order valence-electron chi connectivity index (χ3n) is 8.51. The third kappa shape index (κ3) is 3.05. The molecule has 6 unspecified atom stereocenters. The summed E-state index contributed by atoms with van der Waals surface area (Å²) in [7, 11) is 0. The van der Waals surface area contributed by atoms with Gasteiger partial charge in [-0.1, -0.05) is 25.5 Å². The summed E-state index contributed by atoms with van der Waals surface area (Å²) in [5.41, 5.74) is 12.2. The molecular formula is C22H33N3O3. The maximum absolute atomic E-state index is 12.2. The van der Waals surface area contributed by atoms with E-state index in [1.54, 1.807) is 0 Å². The highest BCUT2D eigenvalue weighted by molar-refractivity contribution is 5.82. The van der Waals surface area contributed by atoms with Crippen molar-refractivity contribution in [3.05, 3.63) is 11.6 Å². The molecule has 28 heavy (non-hydrogen) atoms. The molecule has 0 aromatic rings. The first-order chi connectivity index (χ1) is 13.2. The van der Waals surface area contributed by atoms with Gasteiger partial charge >= 0.3 is 5.97 Å². The van der Waals surface area contributed by atoms with Gasteiger partial charge in [-0.15, -0.1) is 0 Å². The summed E-state index contributed by atoms with van der Waals surface area (Å²) in [6.45, 7) is 4.60. The van der Waals surface area contributed by atoms with Crippen molar-refractivity contribution in [3.8, 4) is 0 Å². The molecule has 4 N–H and O–H groups in total. The second-order valence-corrected chi connectivity index (χ2v) is 9.82. The van der Waals surface area contributed by atoms with Crippen LogP contribution in [0.15, 0.2) is 16.6 Å². The van der Waals surface area contributed by atoms with E-state index in [2.05, 4.69) is 24.9 Å². The Kier molecular flexibility index (Phi) is 4.79. The number of esters is 1. The molecule has 0 aromatic carbocycles. The Morgan fingerprint density at radius 2 is 2.00 bits per heavy atom. The number of hydrogen-bond acceptors (Lipinski definition) is 4. The number of nitrogens with zero attached hydrogens (tertiary/aromatic N) is 1. The fourth-order valence-electron chi connectivity index (χ4n) is 6.97.